The van der Waals surface area contributed by atoms with Crippen molar-refractivity contribution in [2.75, 3.05) is 11.8 Å². The van der Waals surface area contributed by atoms with E-state index in [4.69, 9.17) is 9.26 Å². The summed E-state index contributed by atoms with van der Waals surface area (Å²) in [5.41, 5.74) is 0.675. The summed E-state index contributed by atoms with van der Waals surface area (Å²) in [4.78, 5) is 0.0156. The second-order valence-electron chi connectivity index (χ2n) is 4.67. The van der Waals surface area contributed by atoms with Gasteiger partial charge in [-0.3, -0.25) is 0 Å². The van der Waals surface area contributed by atoms with Crippen molar-refractivity contribution in [2.45, 2.75) is 24.7 Å². The first-order chi connectivity index (χ1) is 9.83. The van der Waals surface area contributed by atoms with E-state index in [0.29, 0.717) is 10.2 Å². The summed E-state index contributed by atoms with van der Waals surface area (Å²) in [5.74, 6) is 0.461. The number of methoxy groups -OCH3 is 1. The van der Waals surface area contributed by atoms with E-state index in [9.17, 15) is 8.42 Å². The lowest BCUT2D eigenvalue weighted by Gasteiger charge is -2.10. The van der Waals surface area contributed by atoms with Crippen LogP contribution in [-0.4, -0.2) is 20.7 Å². The first-order valence-electron chi connectivity index (χ1n) is 6.16. The van der Waals surface area contributed by atoms with Crippen LogP contribution in [0.25, 0.3) is 0 Å². The van der Waals surface area contributed by atoms with Crippen LogP contribution in [0.4, 0.5) is 5.88 Å². The molecule has 0 bridgehead atoms. The van der Waals surface area contributed by atoms with Gasteiger partial charge in [0, 0.05) is 10.5 Å². The lowest BCUT2D eigenvalue weighted by atomic mass is 10.1. The zero-order valence-electron chi connectivity index (χ0n) is 11.8. The molecule has 0 radical (unpaired) electrons. The lowest BCUT2D eigenvalue weighted by molar-refractivity contribution is 0.402. The van der Waals surface area contributed by atoms with Crippen molar-refractivity contribution >= 4 is 31.8 Å². The third-order valence-corrected chi connectivity index (χ3v) is 4.63. The van der Waals surface area contributed by atoms with E-state index in [0.717, 1.165) is 0 Å². The highest BCUT2D eigenvalue weighted by Crippen LogP contribution is 2.29. The summed E-state index contributed by atoms with van der Waals surface area (Å²) in [7, 11) is -2.42. The summed E-state index contributed by atoms with van der Waals surface area (Å²) in [6.45, 7) is 3.88. The molecular weight excluding hydrogens is 360 g/mol. The quantitative estimate of drug-likeness (QED) is 0.867. The van der Waals surface area contributed by atoms with Crippen LogP contribution in [0.2, 0.25) is 0 Å². The molecule has 114 valence electrons. The topological polar surface area (TPSA) is 81.4 Å². The SMILES string of the molecule is COc1ccc(Br)cc1S(=O)(=O)Nc1cc(C(C)C)no1. The average molecular weight is 375 g/mol. The first-order valence-corrected chi connectivity index (χ1v) is 8.44. The van der Waals surface area contributed by atoms with Crippen LogP contribution in [-0.2, 0) is 10.0 Å². The van der Waals surface area contributed by atoms with Crippen molar-refractivity contribution in [3.05, 3.63) is 34.4 Å². The molecule has 21 heavy (non-hydrogen) atoms. The molecular formula is C13H15BrN2O4S. The minimum atomic E-state index is -3.83. The highest BCUT2D eigenvalue weighted by atomic mass is 79.9. The molecule has 0 saturated carbocycles. The van der Waals surface area contributed by atoms with Crippen LogP contribution in [0.5, 0.6) is 5.75 Å². The van der Waals surface area contributed by atoms with Crippen molar-refractivity contribution in [1.29, 1.82) is 0 Å². The molecule has 8 heteroatoms. The number of hydrogen-bond donors (Lipinski definition) is 1. The zero-order chi connectivity index (χ0) is 15.6. The number of anilines is 1. The number of benzene rings is 1. The molecule has 0 amide bonds. The Morgan fingerprint density at radius 3 is 2.62 bits per heavy atom. The summed E-state index contributed by atoms with van der Waals surface area (Å²) in [5, 5.41) is 3.81. The fourth-order valence-electron chi connectivity index (χ4n) is 1.66. The van der Waals surface area contributed by atoms with Gasteiger partial charge in [-0.1, -0.05) is 34.9 Å². The lowest BCUT2D eigenvalue weighted by Crippen LogP contribution is -2.13. The van der Waals surface area contributed by atoms with Gasteiger partial charge in [-0.25, -0.2) is 13.1 Å². The molecule has 0 unspecified atom stereocenters. The number of nitrogens with one attached hydrogen (secondary N) is 1. The molecule has 2 aromatic rings. The minimum absolute atomic E-state index is 0.0156. The number of rotatable bonds is 5. The van der Waals surface area contributed by atoms with E-state index in [1.54, 1.807) is 18.2 Å². The summed E-state index contributed by atoms with van der Waals surface area (Å²) < 4.78 is 37.9. The Morgan fingerprint density at radius 2 is 2.05 bits per heavy atom. The maximum Gasteiger partial charge on any atom is 0.267 e. The summed E-state index contributed by atoms with van der Waals surface area (Å²) in [6.07, 6.45) is 0. The average Bonchev–Trinajstić information content (AvgIpc) is 2.86. The second-order valence-corrected chi connectivity index (χ2v) is 7.24. The highest BCUT2D eigenvalue weighted by molar-refractivity contribution is 9.10. The predicted molar refractivity (Wildman–Crippen MR) is 82.1 cm³/mol. The maximum absolute atomic E-state index is 12.4. The third-order valence-electron chi connectivity index (χ3n) is 2.77. The van der Waals surface area contributed by atoms with Crippen molar-refractivity contribution in [3.8, 4) is 5.75 Å². The zero-order valence-corrected chi connectivity index (χ0v) is 14.2. The van der Waals surface area contributed by atoms with Crippen molar-refractivity contribution in [1.82, 2.24) is 5.16 Å². The van der Waals surface area contributed by atoms with Gasteiger partial charge in [0.05, 0.1) is 12.8 Å². The number of aromatic nitrogens is 1. The highest BCUT2D eigenvalue weighted by Gasteiger charge is 2.22. The summed E-state index contributed by atoms with van der Waals surface area (Å²) in [6, 6.07) is 6.29. The van der Waals surface area contributed by atoms with Crippen molar-refractivity contribution < 1.29 is 17.7 Å². The molecule has 6 nitrogen and oxygen atoms in total. The molecule has 0 atom stereocenters. The van der Waals surface area contributed by atoms with Crippen LogP contribution >= 0.6 is 15.9 Å². The Kier molecular flexibility index (Phi) is 4.58. The van der Waals surface area contributed by atoms with Crippen LogP contribution < -0.4 is 9.46 Å². The molecule has 1 aromatic carbocycles. The van der Waals surface area contributed by atoms with E-state index in [1.807, 2.05) is 13.8 Å². The molecule has 0 spiro atoms. The van der Waals surface area contributed by atoms with Gasteiger partial charge in [-0.15, -0.1) is 0 Å². The second kappa shape index (κ2) is 6.07. The van der Waals surface area contributed by atoms with Crippen LogP contribution in [0, 0.1) is 0 Å². The van der Waals surface area contributed by atoms with Gasteiger partial charge < -0.3 is 9.26 Å². The third kappa shape index (κ3) is 3.56. The number of hydrogen-bond acceptors (Lipinski definition) is 5. The largest absolute Gasteiger partial charge is 0.495 e. The molecule has 0 aliphatic heterocycles. The molecule has 2 rings (SSSR count). The minimum Gasteiger partial charge on any atom is -0.495 e. The smallest absolute Gasteiger partial charge is 0.267 e. The standard InChI is InChI=1S/C13H15BrN2O4S/c1-8(2)10-7-13(20-15-10)16-21(17,18)12-6-9(14)4-5-11(12)19-3/h4-8,16H,1-3H3. The van der Waals surface area contributed by atoms with Crippen molar-refractivity contribution in [2.24, 2.45) is 0 Å². The number of ether oxygens (including phenoxy) is 1. The predicted octanol–water partition coefficient (Wildman–Crippen LogP) is 3.37. The monoisotopic (exact) mass is 374 g/mol. The molecule has 0 aliphatic rings. The van der Waals surface area contributed by atoms with Gasteiger partial charge in [-0.2, -0.15) is 0 Å². The maximum atomic E-state index is 12.4. The van der Waals surface area contributed by atoms with Crippen LogP contribution in [0.3, 0.4) is 0 Å². The van der Waals surface area contributed by atoms with E-state index in [-0.39, 0.29) is 22.4 Å². The molecule has 1 aromatic heterocycles. The summed E-state index contributed by atoms with van der Waals surface area (Å²) >= 11 is 3.24. The molecule has 0 fully saturated rings. The van der Waals surface area contributed by atoms with Crippen LogP contribution in [0.15, 0.2) is 38.2 Å². The van der Waals surface area contributed by atoms with Gasteiger partial charge in [0.2, 0.25) is 5.88 Å². The first kappa shape index (κ1) is 15.8. The van der Waals surface area contributed by atoms with E-state index in [2.05, 4.69) is 25.8 Å². The van der Waals surface area contributed by atoms with Gasteiger partial charge in [0.25, 0.3) is 10.0 Å². The van der Waals surface area contributed by atoms with Crippen molar-refractivity contribution in [3.63, 3.8) is 0 Å². The van der Waals surface area contributed by atoms with E-state index >= 15 is 0 Å². The van der Waals surface area contributed by atoms with Crippen LogP contribution in [0.1, 0.15) is 25.5 Å². The Balaban J connectivity index is 2.35. The Morgan fingerprint density at radius 1 is 1.33 bits per heavy atom. The molecule has 1 heterocycles. The number of sulfonamides is 1. The Bertz CT molecular complexity index is 740. The van der Waals surface area contributed by atoms with E-state index in [1.165, 1.54) is 13.2 Å². The molecule has 0 aliphatic carbocycles. The van der Waals surface area contributed by atoms with Gasteiger partial charge in [0.15, 0.2) is 0 Å². The van der Waals surface area contributed by atoms with Gasteiger partial charge in [0.1, 0.15) is 10.6 Å². The Labute approximate surface area is 131 Å². The van der Waals surface area contributed by atoms with Gasteiger partial charge >= 0.3 is 0 Å². The molecule has 1 N–H and O–H groups in total. The number of halogens is 1. The number of nitrogens with zero attached hydrogens (tertiary/aromatic N) is 1. The normalized spacial score (nSPS) is 11.7. The van der Waals surface area contributed by atoms with E-state index < -0.39 is 10.0 Å². The van der Waals surface area contributed by atoms with Gasteiger partial charge in [-0.05, 0) is 24.1 Å². The Hall–Kier alpha value is -1.54. The fraction of sp³-hybridized carbons (Fsp3) is 0.308. The molecule has 0 saturated heterocycles. The fourth-order valence-corrected chi connectivity index (χ4v) is 3.34.